The molecule has 4 heteroatoms. The minimum absolute atomic E-state index is 0.836. The van der Waals surface area contributed by atoms with Gasteiger partial charge in [0, 0.05) is 26.2 Å². The van der Waals surface area contributed by atoms with Crippen LogP contribution in [-0.2, 0) is 0 Å². The van der Waals surface area contributed by atoms with Crippen LogP contribution in [0.5, 0.6) is 0 Å². The first kappa shape index (κ1) is 37.8. The Hall–Kier alpha value is -0.160. The Morgan fingerprint density at radius 1 is 0.474 bits per heavy atom. The fraction of sp³-hybridized carbons (Fsp3) is 1.00. The summed E-state index contributed by atoms with van der Waals surface area (Å²) in [5.74, 6) is 2.51. The van der Waals surface area contributed by atoms with Gasteiger partial charge in [0.2, 0.25) is 0 Å². The maximum Gasteiger partial charge on any atom is 0.0110 e. The Balaban J connectivity index is 0.00000667. The largest absolute Gasteiger partial charge is 0.303 e. The summed E-state index contributed by atoms with van der Waals surface area (Å²) in [6.45, 7) is 35.9. The molecule has 0 aromatic rings. The van der Waals surface area contributed by atoms with Crippen LogP contribution in [0.15, 0.2) is 0 Å². The predicted octanol–water partition coefficient (Wildman–Crippen LogP) is 8.12. The second-order valence-corrected chi connectivity index (χ2v) is 13.0. The number of piperazine rings is 1. The van der Waals surface area contributed by atoms with E-state index in [2.05, 4.69) is 68.1 Å². The van der Waals surface area contributed by atoms with Gasteiger partial charge in [-0.25, -0.2) is 0 Å². The minimum Gasteiger partial charge on any atom is -0.303 e. The van der Waals surface area contributed by atoms with Gasteiger partial charge in [-0.2, -0.15) is 0 Å². The summed E-state index contributed by atoms with van der Waals surface area (Å²) >= 11 is 0. The summed E-state index contributed by atoms with van der Waals surface area (Å²) in [4.78, 5) is 11.0. The first-order valence-corrected chi connectivity index (χ1v) is 17.2. The van der Waals surface area contributed by atoms with Crippen molar-refractivity contribution in [3.8, 4) is 0 Å². The summed E-state index contributed by atoms with van der Waals surface area (Å²) in [6.07, 6.45) is 13.6. The summed E-state index contributed by atoms with van der Waals surface area (Å²) < 4.78 is 0. The van der Waals surface area contributed by atoms with Crippen LogP contribution in [0, 0.1) is 17.8 Å². The van der Waals surface area contributed by atoms with E-state index < -0.39 is 0 Å². The number of hydrogen-bond donors (Lipinski definition) is 0. The standard InChI is InChI=1S/C32H68N4.C2H6/c1-8-9-18-33(19-10-15-30(2)3)22-13-24-35-26-28-36(29-27-35)25-14-23-34(20-11-16-31(4)5)21-12-17-32(6)7;1-2/h30-32H,8-29H2,1-7H3;1-2H3. The molecule has 0 N–H and O–H groups in total. The van der Waals surface area contributed by atoms with Crippen molar-refractivity contribution >= 4 is 0 Å². The summed E-state index contributed by atoms with van der Waals surface area (Å²) in [6, 6.07) is 0. The molecule has 0 amide bonds. The van der Waals surface area contributed by atoms with Crippen LogP contribution in [-0.4, -0.2) is 98.1 Å². The van der Waals surface area contributed by atoms with Crippen molar-refractivity contribution in [2.24, 2.45) is 17.8 Å². The number of nitrogens with zero attached hydrogens (tertiary/aromatic N) is 4. The lowest BCUT2D eigenvalue weighted by atomic mass is 10.1. The Kier molecular flexibility index (Phi) is 25.7. The molecule has 0 bridgehead atoms. The third kappa shape index (κ3) is 22.6. The third-order valence-electron chi connectivity index (χ3n) is 7.96. The molecule has 0 unspecified atom stereocenters. The molecule has 1 aliphatic heterocycles. The number of rotatable bonds is 23. The van der Waals surface area contributed by atoms with Gasteiger partial charge >= 0.3 is 0 Å². The highest BCUT2D eigenvalue weighted by Crippen LogP contribution is 2.11. The average molecular weight is 539 g/mol. The van der Waals surface area contributed by atoms with Crippen molar-refractivity contribution in [3.05, 3.63) is 0 Å². The lowest BCUT2D eigenvalue weighted by Crippen LogP contribution is -2.47. The van der Waals surface area contributed by atoms with E-state index in [1.807, 2.05) is 13.8 Å². The van der Waals surface area contributed by atoms with Gasteiger partial charge in [-0.05, 0) is 128 Å². The zero-order valence-electron chi connectivity index (χ0n) is 28.1. The van der Waals surface area contributed by atoms with E-state index in [1.165, 1.54) is 143 Å². The van der Waals surface area contributed by atoms with E-state index in [0.717, 1.165) is 17.8 Å². The molecule has 38 heavy (non-hydrogen) atoms. The van der Waals surface area contributed by atoms with Gasteiger partial charge in [0.15, 0.2) is 0 Å². The molecule has 1 fully saturated rings. The first-order chi connectivity index (χ1) is 18.3. The molecule has 0 spiro atoms. The molecule has 4 nitrogen and oxygen atoms in total. The molecule has 0 radical (unpaired) electrons. The van der Waals surface area contributed by atoms with Gasteiger partial charge in [0.25, 0.3) is 0 Å². The summed E-state index contributed by atoms with van der Waals surface area (Å²) in [7, 11) is 0. The molecule has 0 aromatic carbocycles. The second-order valence-electron chi connectivity index (χ2n) is 13.0. The van der Waals surface area contributed by atoms with E-state index in [-0.39, 0.29) is 0 Å². The second kappa shape index (κ2) is 25.8. The quantitative estimate of drug-likeness (QED) is 0.130. The lowest BCUT2D eigenvalue weighted by molar-refractivity contribution is 0.120. The molecule has 1 rings (SSSR count). The minimum atomic E-state index is 0.836. The number of unbranched alkanes of at least 4 members (excludes halogenated alkanes) is 1. The fourth-order valence-corrected chi connectivity index (χ4v) is 5.49. The zero-order valence-corrected chi connectivity index (χ0v) is 28.1. The van der Waals surface area contributed by atoms with Crippen LogP contribution >= 0.6 is 0 Å². The SMILES string of the molecule is CC.CCCCN(CCCC(C)C)CCCN1CCN(CCCN(CCCC(C)C)CCCC(C)C)CC1. The Morgan fingerprint density at radius 2 is 0.763 bits per heavy atom. The summed E-state index contributed by atoms with van der Waals surface area (Å²) in [5.41, 5.74) is 0. The van der Waals surface area contributed by atoms with Crippen LogP contribution in [0.25, 0.3) is 0 Å². The monoisotopic (exact) mass is 539 g/mol. The van der Waals surface area contributed by atoms with Crippen LogP contribution in [0.3, 0.4) is 0 Å². The molecular weight excluding hydrogens is 464 g/mol. The Labute approximate surface area is 242 Å². The zero-order chi connectivity index (χ0) is 28.6. The highest BCUT2D eigenvalue weighted by molar-refractivity contribution is 4.73. The van der Waals surface area contributed by atoms with Gasteiger partial charge < -0.3 is 19.6 Å². The molecule has 1 aliphatic rings. The van der Waals surface area contributed by atoms with Gasteiger partial charge in [-0.15, -0.1) is 0 Å². The Bertz CT molecular complexity index is 457. The van der Waals surface area contributed by atoms with E-state index in [4.69, 9.17) is 0 Å². The van der Waals surface area contributed by atoms with Crippen molar-refractivity contribution in [1.82, 2.24) is 19.6 Å². The highest BCUT2D eigenvalue weighted by atomic mass is 15.3. The van der Waals surface area contributed by atoms with Crippen molar-refractivity contribution < 1.29 is 0 Å². The predicted molar refractivity (Wildman–Crippen MR) is 173 cm³/mol. The molecule has 0 saturated carbocycles. The van der Waals surface area contributed by atoms with Crippen molar-refractivity contribution in [1.29, 1.82) is 0 Å². The van der Waals surface area contributed by atoms with Crippen LogP contribution < -0.4 is 0 Å². The molecule has 0 atom stereocenters. The maximum atomic E-state index is 2.77. The van der Waals surface area contributed by atoms with Crippen molar-refractivity contribution in [2.75, 3.05) is 78.5 Å². The van der Waals surface area contributed by atoms with E-state index >= 15 is 0 Å². The highest BCUT2D eigenvalue weighted by Gasteiger charge is 2.17. The molecule has 0 aliphatic carbocycles. The summed E-state index contributed by atoms with van der Waals surface area (Å²) in [5, 5.41) is 0. The van der Waals surface area contributed by atoms with Gasteiger partial charge in [0.05, 0.1) is 0 Å². The van der Waals surface area contributed by atoms with Gasteiger partial charge in [-0.1, -0.05) is 68.7 Å². The van der Waals surface area contributed by atoms with Crippen LogP contribution in [0.4, 0.5) is 0 Å². The van der Waals surface area contributed by atoms with Crippen LogP contribution in [0.1, 0.15) is 127 Å². The molecule has 230 valence electrons. The Morgan fingerprint density at radius 3 is 1.05 bits per heavy atom. The molecule has 0 aromatic heterocycles. The average Bonchev–Trinajstić information content (AvgIpc) is 2.88. The third-order valence-corrected chi connectivity index (χ3v) is 7.96. The van der Waals surface area contributed by atoms with Crippen molar-refractivity contribution in [2.45, 2.75) is 127 Å². The van der Waals surface area contributed by atoms with E-state index in [1.54, 1.807) is 0 Å². The normalized spacial score (nSPS) is 15.3. The van der Waals surface area contributed by atoms with Crippen molar-refractivity contribution in [3.63, 3.8) is 0 Å². The van der Waals surface area contributed by atoms with Gasteiger partial charge in [0.1, 0.15) is 0 Å². The number of hydrogen-bond acceptors (Lipinski definition) is 4. The maximum absolute atomic E-state index is 2.77. The molecular formula is C34H74N4. The molecule has 1 heterocycles. The van der Waals surface area contributed by atoms with Gasteiger partial charge in [-0.3, -0.25) is 0 Å². The smallest absolute Gasteiger partial charge is 0.0110 e. The topological polar surface area (TPSA) is 13.0 Å². The van der Waals surface area contributed by atoms with E-state index in [0.29, 0.717) is 0 Å². The fourth-order valence-electron chi connectivity index (χ4n) is 5.49. The lowest BCUT2D eigenvalue weighted by Gasteiger charge is -2.35. The first-order valence-electron chi connectivity index (χ1n) is 17.2. The van der Waals surface area contributed by atoms with Crippen LogP contribution in [0.2, 0.25) is 0 Å². The van der Waals surface area contributed by atoms with E-state index in [9.17, 15) is 0 Å². The molecule has 1 saturated heterocycles.